The molecule has 3 aromatic heterocycles. The number of hydrogen-bond acceptors (Lipinski definition) is 7. The van der Waals surface area contributed by atoms with Crippen LogP contribution in [-0.4, -0.2) is 49.1 Å². The van der Waals surface area contributed by atoms with E-state index in [1.807, 2.05) is 42.1 Å². The summed E-state index contributed by atoms with van der Waals surface area (Å²) in [6.07, 6.45) is 6.27. The lowest BCUT2D eigenvalue weighted by Gasteiger charge is -2.47. The minimum Gasteiger partial charge on any atom is -0.370 e. The average molecular weight is 453 g/mol. The van der Waals surface area contributed by atoms with E-state index in [1.54, 1.807) is 4.88 Å². The minimum absolute atomic E-state index is 0.106. The zero-order chi connectivity index (χ0) is 22.3. The van der Waals surface area contributed by atoms with Crippen molar-refractivity contribution in [3.63, 3.8) is 0 Å². The Bertz CT molecular complexity index is 1090. The predicted octanol–water partition coefficient (Wildman–Crippen LogP) is 3.81. The summed E-state index contributed by atoms with van der Waals surface area (Å²) in [4.78, 5) is 14.6. The molecule has 2 aliphatic heterocycles. The molecule has 0 N–H and O–H groups in total. The first-order valence-electron chi connectivity index (χ1n) is 11.6. The minimum atomic E-state index is -0.106. The lowest BCUT2D eigenvalue weighted by molar-refractivity contribution is -0.112. The van der Waals surface area contributed by atoms with Gasteiger partial charge in [0.05, 0.1) is 24.1 Å². The second-order valence-corrected chi connectivity index (χ2v) is 10.5. The van der Waals surface area contributed by atoms with Crippen molar-refractivity contribution in [2.24, 2.45) is 0 Å². The fourth-order valence-electron chi connectivity index (χ4n) is 5.22. The van der Waals surface area contributed by atoms with Crippen molar-refractivity contribution in [1.82, 2.24) is 29.9 Å². The van der Waals surface area contributed by atoms with Gasteiger partial charge in [-0.3, -0.25) is 4.90 Å². The number of nitrogens with zero attached hydrogens (tertiary/aromatic N) is 6. The van der Waals surface area contributed by atoms with E-state index in [4.69, 9.17) is 4.74 Å². The Balaban J connectivity index is 1.25. The van der Waals surface area contributed by atoms with Crippen LogP contribution < -0.4 is 0 Å². The Morgan fingerprint density at radius 1 is 1.19 bits per heavy atom. The van der Waals surface area contributed by atoms with E-state index < -0.39 is 0 Å². The van der Waals surface area contributed by atoms with Crippen LogP contribution in [0, 0.1) is 13.8 Å². The second-order valence-electron chi connectivity index (χ2n) is 9.24. The van der Waals surface area contributed by atoms with E-state index in [0.29, 0.717) is 12.6 Å². The number of hydrogen-bond donors (Lipinski definition) is 0. The molecule has 5 heterocycles. The molecule has 0 aromatic carbocycles. The summed E-state index contributed by atoms with van der Waals surface area (Å²) < 4.78 is 8.32. The number of fused-ring (bicyclic) bond motifs is 2. The summed E-state index contributed by atoms with van der Waals surface area (Å²) >= 11 is 1.99. The number of aromatic nitrogens is 5. The maximum atomic E-state index is 6.48. The largest absolute Gasteiger partial charge is 0.370 e. The van der Waals surface area contributed by atoms with Crippen LogP contribution in [0.2, 0.25) is 0 Å². The lowest BCUT2D eigenvalue weighted by Crippen LogP contribution is -2.50. The standard InChI is InChI=1S/C24H32N6OS/c1-5-20-11-21-22(32-20)6-9-31-24(21)7-8-29(18(4)12-24)13-19-14-30(28-27-19)15-23-25-16(2)10-17(3)26-23/h10-11,14,18H,5-9,12-13,15H2,1-4H3/t18-,24+/m0/s1. The fraction of sp³-hybridized carbons (Fsp3) is 0.583. The van der Waals surface area contributed by atoms with Crippen molar-refractivity contribution in [3.8, 4) is 0 Å². The van der Waals surface area contributed by atoms with E-state index >= 15 is 0 Å². The molecule has 8 heteroatoms. The molecule has 2 aliphatic rings. The Labute approximate surface area is 193 Å². The molecule has 7 nitrogen and oxygen atoms in total. The molecule has 2 atom stereocenters. The Morgan fingerprint density at radius 3 is 2.75 bits per heavy atom. The van der Waals surface area contributed by atoms with Crippen LogP contribution in [0.25, 0.3) is 0 Å². The van der Waals surface area contributed by atoms with Gasteiger partial charge < -0.3 is 4.74 Å². The number of likely N-dealkylation sites (tertiary alicyclic amines) is 1. The quantitative estimate of drug-likeness (QED) is 0.586. The third-order valence-electron chi connectivity index (χ3n) is 6.74. The van der Waals surface area contributed by atoms with Gasteiger partial charge in [0.1, 0.15) is 12.4 Å². The third-order valence-corrected chi connectivity index (χ3v) is 8.08. The topological polar surface area (TPSA) is 69.0 Å². The highest BCUT2D eigenvalue weighted by Crippen LogP contribution is 2.46. The normalized spacial score (nSPS) is 23.6. The maximum Gasteiger partial charge on any atom is 0.150 e. The van der Waals surface area contributed by atoms with Crippen LogP contribution in [0.4, 0.5) is 0 Å². The van der Waals surface area contributed by atoms with Crippen molar-refractivity contribution in [3.05, 3.63) is 56.6 Å². The van der Waals surface area contributed by atoms with E-state index in [0.717, 1.165) is 68.3 Å². The van der Waals surface area contributed by atoms with Gasteiger partial charge >= 0.3 is 0 Å². The number of piperidine rings is 1. The van der Waals surface area contributed by atoms with Gasteiger partial charge in [-0.1, -0.05) is 12.1 Å². The molecule has 1 fully saturated rings. The molecule has 0 saturated carbocycles. The molecule has 1 saturated heterocycles. The predicted molar refractivity (Wildman–Crippen MR) is 125 cm³/mol. The van der Waals surface area contributed by atoms with E-state index in [2.05, 4.69) is 45.1 Å². The molecule has 3 aromatic rings. The Kier molecular flexibility index (Phi) is 5.86. The molecule has 5 rings (SSSR count). The monoisotopic (exact) mass is 452 g/mol. The van der Waals surface area contributed by atoms with Gasteiger partial charge in [0.2, 0.25) is 0 Å². The molecule has 0 unspecified atom stereocenters. The number of rotatable bonds is 5. The molecule has 0 aliphatic carbocycles. The van der Waals surface area contributed by atoms with Crippen LogP contribution >= 0.6 is 11.3 Å². The van der Waals surface area contributed by atoms with Crippen molar-refractivity contribution in [1.29, 1.82) is 0 Å². The molecule has 170 valence electrons. The number of ether oxygens (including phenoxy) is 1. The van der Waals surface area contributed by atoms with E-state index in [1.165, 1.54) is 10.4 Å². The summed E-state index contributed by atoms with van der Waals surface area (Å²) in [6, 6.07) is 4.83. The zero-order valence-electron chi connectivity index (χ0n) is 19.5. The molecule has 0 bridgehead atoms. The van der Waals surface area contributed by atoms with Crippen LogP contribution in [0.1, 0.15) is 64.9 Å². The van der Waals surface area contributed by atoms with Gasteiger partial charge in [-0.05, 0) is 57.7 Å². The molecule has 0 amide bonds. The molecular formula is C24H32N6OS. The fourth-order valence-corrected chi connectivity index (χ4v) is 6.40. The summed E-state index contributed by atoms with van der Waals surface area (Å²) in [7, 11) is 0. The summed E-state index contributed by atoms with van der Waals surface area (Å²) in [5.74, 6) is 0.777. The second kappa shape index (κ2) is 8.65. The van der Waals surface area contributed by atoms with Gasteiger partial charge in [0.25, 0.3) is 0 Å². The molecule has 1 spiro atoms. The van der Waals surface area contributed by atoms with E-state index in [-0.39, 0.29) is 5.60 Å². The van der Waals surface area contributed by atoms with Crippen LogP contribution in [-0.2, 0) is 36.3 Å². The first-order chi connectivity index (χ1) is 15.4. The third kappa shape index (κ3) is 4.23. The molecular weight excluding hydrogens is 420 g/mol. The van der Waals surface area contributed by atoms with Gasteiger partial charge in [0.15, 0.2) is 0 Å². The van der Waals surface area contributed by atoms with Crippen molar-refractivity contribution in [2.45, 2.75) is 78.1 Å². The summed E-state index contributed by atoms with van der Waals surface area (Å²) in [5.41, 5.74) is 4.32. The highest BCUT2D eigenvalue weighted by atomic mass is 32.1. The van der Waals surface area contributed by atoms with Gasteiger partial charge in [0, 0.05) is 46.7 Å². The van der Waals surface area contributed by atoms with Crippen LogP contribution in [0.3, 0.4) is 0 Å². The Hall–Kier alpha value is -2.16. The van der Waals surface area contributed by atoms with Crippen molar-refractivity contribution in [2.75, 3.05) is 13.2 Å². The van der Waals surface area contributed by atoms with Crippen LogP contribution in [0.15, 0.2) is 18.3 Å². The first-order valence-corrected chi connectivity index (χ1v) is 12.5. The zero-order valence-corrected chi connectivity index (χ0v) is 20.3. The molecule has 0 radical (unpaired) electrons. The summed E-state index contributed by atoms with van der Waals surface area (Å²) in [6.45, 7) is 11.8. The van der Waals surface area contributed by atoms with Crippen molar-refractivity contribution < 1.29 is 4.74 Å². The first kappa shape index (κ1) is 21.7. The lowest BCUT2D eigenvalue weighted by atomic mass is 9.79. The van der Waals surface area contributed by atoms with Crippen LogP contribution in [0.5, 0.6) is 0 Å². The highest BCUT2D eigenvalue weighted by molar-refractivity contribution is 7.12. The maximum absolute atomic E-state index is 6.48. The SMILES string of the molecule is CCc1cc2c(s1)CCO[C@@]21CCN(Cc2cn(Cc3nc(C)cc(C)n3)nn2)[C@@H](C)C1. The van der Waals surface area contributed by atoms with Gasteiger partial charge in [-0.25, -0.2) is 14.6 Å². The van der Waals surface area contributed by atoms with Crippen molar-refractivity contribution >= 4 is 11.3 Å². The van der Waals surface area contributed by atoms with Gasteiger partial charge in [-0.15, -0.1) is 16.4 Å². The van der Waals surface area contributed by atoms with E-state index in [9.17, 15) is 0 Å². The molecule has 32 heavy (non-hydrogen) atoms. The Morgan fingerprint density at radius 2 is 2.00 bits per heavy atom. The van der Waals surface area contributed by atoms with Gasteiger partial charge in [-0.2, -0.15) is 0 Å². The smallest absolute Gasteiger partial charge is 0.150 e. The summed E-state index contributed by atoms with van der Waals surface area (Å²) in [5, 5.41) is 8.75. The highest BCUT2D eigenvalue weighted by Gasteiger charge is 2.44. The number of aryl methyl sites for hydroxylation is 3. The average Bonchev–Trinajstić information content (AvgIpc) is 3.37. The number of thiophene rings is 1.